The standard InChI is InChI=1S/C22H19Cl3N2O.C7H8O3S/c1-27-6-4-14(5-7-27)18-12-26-20-3-2-13(8-16(18)20)9-21(28)17-10-15(23)11-19(24)22(17)25;1-6-2-4-7(5-3-6)11(8,9)10/h2-4,8,10-12,26H,5-7,9H2,1H3;2-5H,1H3,(H,8,9,10). The molecule has 2 heterocycles. The van der Waals surface area contributed by atoms with Crippen LogP contribution in [0.15, 0.2) is 71.8 Å². The third-order valence-electron chi connectivity index (χ3n) is 6.48. The fraction of sp³-hybridized carbons (Fsp3) is 0.207. The third-order valence-corrected chi connectivity index (χ3v) is 8.37. The maximum absolute atomic E-state index is 12.8. The van der Waals surface area contributed by atoms with Crippen molar-refractivity contribution in [3.8, 4) is 0 Å². The molecule has 0 saturated carbocycles. The van der Waals surface area contributed by atoms with Crippen molar-refractivity contribution in [2.24, 2.45) is 0 Å². The van der Waals surface area contributed by atoms with Crippen molar-refractivity contribution in [3.63, 3.8) is 0 Å². The number of benzene rings is 3. The molecule has 1 aromatic heterocycles. The van der Waals surface area contributed by atoms with Crippen molar-refractivity contribution in [1.82, 2.24) is 9.88 Å². The molecule has 10 heteroatoms. The summed E-state index contributed by atoms with van der Waals surface area (Å²) in [4.78, 5) is 18.4. The number of hydrogen-bond acceptors (Lipinski definition) is 4. The van der Waals surface area contributed by atoms with Gasteiger partial charge in [0, 0.05) is 52.8 Å². The van der Waals surface area contributed by atoms with E-state index in [0.29, 0.717) is 10.6 Å². The number of nitrogens with one attached hydrogen (secondary N) is 1. The second-order valence-corrected chi connectivity index (χ2v) is 12.1. The van der Waals surface area contributed by atoms with E-state index in [9.17, 15) is 13.2 Å². The number of ketones is 1. The minimum absolute atomic E-state index is 0.0666. The molecule has 3 aromatic carbocycles. The molecule has 0 spiro atoms. The van der Waals surface area contributed by atoms with E-state index >= 15 is 0 Å². The molecule has 0 bridgehead atoms. The van der Waals surface area contributed by atoms with Gasteiger partial charge in [0.15, 0.2) is 5.78 Å². The second-order valence-electron chi connectivity index (χ2n) is 9.46. The van der Waals surface area contributed by atoms with Crippen molar-refractivity contribution in [3.05, 3.63) is 104 Å². The highest BCUT2D eigenvalue weighted by Gasteiger charge is 2.17. The number of carbonyl (C=O) groups is 1. The Morgan fingerprint density at radius 3 is 2.41 bits per heavy atom. The first-order chi connectivity index (χ1) is 18.4. The Morgan fingerprint density at radius 1 is 1.05 bits per heavy atom. The van der Waals surface area contributed by atoms with Crippen LogP contribution < -0.4 is 0 Å². The minimum Gasteiger partial charge on any atom is -0.361 e. The van der Waals surface area contributed by atoms with Gasteiger partial charge >= 0.3 is 0 Å². The maximum Gasteiger partial charge on any atom is 0.294 e. The molecule has 2 N–H and O–H groups in total. The van der Waals surface area contributed by atoms with Gasteiger partial charge in [0.2, 0.25) is 0 Å². The molecule has 0 unspecified atom stereocenters. The number of aryl methyl sites for hydroxylation is 1. The van der Waals surface area contributed by atoms with E-state index < -0.39 is 10.1 Å². The summed E-state index contributed by atoms with van der Waals surface area (Å²) in [5.41, 5.74) is 5.86. The Kier molecular flexibility index (Phi) is 9.21. The molecule has 0 radical (unpaired) electrons. The first-order valence-electron chi connectivity index (χ1n) is 12.1. The lowest BCUT2D eigenvalue weighted by Gasteiger charge is -2.21. The van der Waals surface area contributed by atoms with Gasteiger partial charge < -0.3 is 9.88 Å². The molecule has 204 valence electrons. The largest absolute Gasteiger partial charge is 0.361 e. The summed E-state index contributed by atoms with van der Waals surface area (Å²) in [6.45, 7) is 3.84. The Hall–Kier alpha value is -2.65. The molecular weight excluding hydrogens is 579 g/mol. The topological polar surface area (TPSA) is 90.5 Å². The monoisotopic (exact) mass is 604 g/mol. The van der Waals surface area contributed by atoms with Crippen LogP contribution in [0.3, 0.4) is 0 Å². The van der Waals surface area contributed by atoms with Crippen LogP contribution in [0, 0.1) is 6.92 Å². The van der Waals surface area contributed by atoms with Gasteiger partial charge in [-0.1, -0.05) is 64.6 Å². The smallest absolute Gasteiger partial charge is 0.294 e. The number of hydrogen-bond donors (Lipinski definition) is 2. The molecule has 0 amide bonds. The molecule has 0 atom stereocenters. The van der Waals surface area contributed by atoms with Crippen LogP contribution in [0.25, 0.3) is 16.5 Å². The number of likely N-dealkylation sites (N-methyl/N-ethyl adjacent to an activating group) is 1. The summed E-state index contributed by atoms with van der Waals surface area (Å²) in [5.74, 6) is -0.107. The fourth-order valence-corrected chi connectivity index (χ4v) is 5.50. The van der Waals surface area contributed by atoms with Crippen molar-refractivity contribution < 1.29 is 17.8 Å². The molecule has 0 aliphatic carbocycles. The molecule has 4 aromatic rings. The predicted molar refractivity (Wildman–Crippen MR) is 159 cm³/mol. The Balaban J connectivity index is 0.000000270. The summed E-state index contributed by atoms with van der Waals surface area (Å²) in [6, 6.07) is 15.2. The lowest BCUT2D eigenvalue weighted by Crippen LogP contribution is -2.23. The van der Waals surface area contributed by atoms with Crippen LogP contribution in [0.4, 0.5) is 0 Å². The van der Waals surface area contributed by atoms with Crippen LogP contribution >= 0.6 is 34.8 Å². The Labute approximate surface area is 242 Å². The normalized spacial score (nSPS) is 14.1. The number of Topliss-reactive ketones (excluding diaryl/α,β-unsaturated/α-hetero) is 1. The molecular formula is C29H27Cl3N2O4S. The zero-order valence-electron chi connectivity index (χ0n) is 21.3. The van der Waals surface area contributed by atoms with E-state index in [-0.39, 0.29) is 27.1 Å². The zero-order valence-corrected chi connectivity index (χ0v) is 24.4. The predicted octanol–water partition coefficient (Wildman–Crippen LogP) is 7.51. The first-order valence-corrected chi connectivity index (χ1v) is 14.7. The second kappa shape index (κ2) is 12.3. The van der Waals surface area contributed by atoms with Gasteiger partial charge in [-0.3, -0.25) is 9.35 Å². The fourth-order valence-electron chi connectivity index (χ4n) is 4.31. The van der Waals surface area contributed by atoms with Crippen LogP contribution in [-0.2, 0) is 16.5 Å². The molecule has 6 nitrogen and oxygen atoms in total. The van der Waals surface area contributed by atoms with E-state index in [0.717, 1.165) is 41.5 Å². The van der Waals surface area contributed by atoms with Crippen LogP contribution in [0.5, 0.6) is 0 Å². The zero-order chi connectivity index (χ0) is 28.3. The molecule has 1 aliphatic rings. The van der Waals surface area contributed by atoms with Crippen LogP contribution in [0.2, 0.25) is 15.1 Å². The molecule has 1 aliphatic heterocycles. The van der Waals surface area contributed by atoms with Gasteiger partial charge in [0.1, 0.15) is 0 Å². The van der Waals surface area contributed by atoms with Gasteiger partial charge in [-0.2, -0.15) is 8.42 Å². The van der Waals surface area contributed by atoms with E-state index in [1.165, 1.54) is 29.3 Å². The van der Waals surface area contributed by atoms with Gasteiger partial charge in [0.25, 0.3) is 10.1 Å². The quantitative estimate of drug-likeness (QED) is 0.140. The van der Waals surface area contributed by atoms with Crippen molar-refractivity contribution in [2.45, 2.75) is 24.7 Å². The molecule has 0 fully saturated rings. The minimum atomic E-state index is -4.02. The average molecular weight is 606 g/mol. The summed E-state index contributed by atoms with van der Waals surface area (Å²) in [6.07, 6.45) is 5.58. The van der Waals surface area contributed by atoms with Crippen molar-refractivity contribution in [1.29, 1.82) is 0 Å². The van der Waals surface area contributed by atoms with E-state index in [2.05, 4.69) is 35.3 Å². The summed E-state index contributed by atoms with van der Waals surface area (Å²) < 4.78 is 29.6. The van der Waals surface area contributed by atoms with Crippen molar-refractivity contribution in [2.75, 3.05) is 20.1 Å². The number of aromatic amines is 1. The number of nitrogens with zero attached hydrogens (tertiary/aromatic N) is 1. The number of fused-ring (bicyclic) bond motifs is 1. The Bertz CT molecular complexity index is 1660. The molecule has 0 saturated heterocycles. The number of aromatic nitrogens is 1. The van der Waals surface area contributed by atoms with Gasteiger partial charge in [-0.05, 0) is 67.9 Å². The van der Waals surface area contributed by atoms with Gasteiger partial charge in [-0.25, -0.2) is 0 Å². The average Bonchev–Trinajstić information content (AvgIpc) is 3.30. The molecule has 39 heavy (non-hydrogen) atoms. The number of H-pyrrole nitrogens is 1. The number of carbonyl (C=O) groups excluding carboxylic acids is 1. The molecule has 5 rings (SSSR count). The van der Waals surface area contributed by atoms with Gasteiger partial charge in [0.05, 0.1) is 14.9 Å². The van der Waals surface area contributed by atoms with E-state index in [1.54, 1.807) is 18.2 Å². The van der Waals surface area contributed by atoms with E-state index in [4.69, 9.17) is 39.4 Å². The van der Waals surface area contributed by atoms with E-state index in [1.807, 2.05) is 19.1 Å². The maximum atomic E-state index is 12.8. The van der Waals surface area contributed by atoms with Crippen LogP contribution in [-0.4, -0.2) is 48.8 Å². The first kappa shape index (κ1) is 29.3. The summed E-state index contributed by atoms with van der Waals surface area (Å²) in [5, 5.41) is 2.07. The highest BCUT2D eigenvalue weighted by molar-refractivity contribution is 7.85. The summed E-state index contributed by atoms with van der Waals surface area (Å²) in [7, 11) is -1.90. The summed E-state index contributed by atoms with van der Waals surface area (Å²) >= 11 is 18.3. The highest BCUT2D eigenvalue weighted by atomic mass is 35.5. The van der Waals surface area contributed by atoms with Gasteiger partial charge in [-0.15, -0.1) is 0 Å². The number of rotatable bonds is 5. The number of halogens is 3. The lowest BCUT2D eigenvalue weighted by molar-refractivity contribution is 0.0993. The SMILES string of the molecule is CN1CC=C(c2c[nH]c3ccc(CC(=O)c4cc(Cl)cc(Cl)c4Cl)cc23)CC1.Cc1ccc(S(=O)(=O)O)cc1. The highest BCUT2D eigenvalue weighted by Crippen LogP contribution is 2.32. The lowest BCUT2D eigenvalue weighted by atomic mass is 9.96. The van der Waals surface area contributed by atoms with Crippen molar-refractivity contribution >= 4 is 67.2 Å². The Morgan fingerprint density at radius 2 is 1.77 bits per heavy atom. The third kappa shape index (κ3) is 7.31. The van der Waals surface area contributed by atoms with Crippen LogP contribution in [0.1, 0.15) is 33.5 Å².